The Morgan fingerprint density at radius 2 is 1.46 bits per heavy atom. The van der Waals surface area contributed by atoms with Gasteiger partial charge in [0.15, 0.2) is 5.79 Å². The number of alkyl halides is 1. The average molecular weight is 639 g/mol. The van der Waals surface area contributed by atoms with Crippen LogP contribution in [0.5, 0.6) is 0 Å². The first-order valence-electron chi connectivity index (χ1n) is 17.4. The highest BCUT2D eigenvalue weighted by Gasteiger charge is 2.23. The lowest BCUT2D eigenvalue weighted by Crippen LogP contribution is -2.29. The lowest BCUT2D eigenvalue weighted by Gasteiger charge is -2.21. The van der Waals surface area contributed by atoms with Gasteiger partial charge in [0, 0.05) is 17.0 Å². The number of rotatable bonds is 12. The first-order valence-corrected chi connectivity index (χ1v) is 17.4. The standard InChI is InChI=1S/C27H37FN2.C5H10O.C4H8.C4H10.C2H6/c1-8-23-13-11-15-26(27(7,28)29)24(23)14-10-9-12-21(5)30-22(6)25-17-19(3)18(2)16-20(25)4;1-2-3-4-5-6;1-4(2)3;1-3-4-2;1-2/h11,13,15-17H,5,8-10,12,14,29H2,1-4,6-7H3;4-6H,2-3H2,1H3;1H2,2-3H3;3-4H2,1-2H3;1-2H3/b;5-4-;;;. The van der Waals surface area contributed by atoms with Crippen molar-refractivity contribution in [3.05, 3.63) is 106 Å². The number of aliphatic hydroxyl groups excluding tert-OH is 1. The zero-order chi connectivity index (χ0) is 36.3. The maximum atomic E-state index is 14.5. The molecule has 0 bridgehead atoms. The molecule has 46 heavy (non-hydrogen) atoms. The van der Waals surface area contributed by atoms with Gasteiger partial charge in [-0.2, -0.15) is 0 Å². The predicted molar refractivity (Wildman–Crippen MR) is 207 cm³/mol. The number of aryl methyl sites for hydroxylation is 4. The number of halogens is 1. The van der Waals surface area contributed by atoms with E-state index < -0.39 is 5.79 Å². The molecule has 0 radical (unpaired) electrons. The molecule has 1 unspecified atom stereocenters. The Balaban J connectivity index is -0.000000958. The van der Waals surface area contributed by atoms with Gasteiger partial charge in [-0.25, -0.2) is 4.39 Å². The van der Waals surface area contributed by atoms with Gasteiger partial charge in [0.05, 0.1) is 6.26 Å². The second-order valence-corrected chi connectivity index (χ2v) is 12.0. The molecule has 0 saturated heterocycles. The molecule has 1 atom stereocenters. The van der Waals surface area contributed by atoms with Crippen molar-refractivity contribution in [2.24, 2.45) is 10.7 Å². The van der Waals surface area contributed by atoms with E-state index in [4.69, 9.17) is 15.8 Å². The normalized spacial score (nSPS) is 11.8. The van der Waals surface area contributed by atoms with E-state index >= 15 is 0 Å². The van der Waals surface area contributed by atoms with Gasteiger partial charge < -0.3 is 5.11 Å². The summed E-state index contributed by atoms with van der Waals surface area (Å²) in [5.74, 6) is -1.81. The topological polar surface area (TPSA) is 58.6 Å². The zero-order valence-electron chi connectivity index (χ0n) is 32.2. The van der Waals surface area contributed by atoms with Gasteiger partial charge in [-0.05, 0) is 126 Å². The Morgan fingerprint density at radius 3 is 1.89 bits per heavy atom. The van der Waals surface area contributed by atoms with Gasteiger partial charge in [-0.15, -0.1) is 6.58 Å². The summed E-state index contributed by atoms with van der Waals surface area (Å²) in [5.41, 5.74) is 16.7. The molecule has 2 aromatic rings. The van der Waals surface area contributed by atoms with Crippen molar-refractivity contribution in [3.8, 4) is 0 Å². The highest BCUT2D eigenvalue weighted by atomic mass is 19.1. The zero-order valence-corrected chi connectivity index (χ0v) is 32.2. The fraction of sp³-hybridized carbons (Fsp3) is 0.548. The van der Waals surface area contributed by atoms with E-state index in [-0.39, 0.29) is 0 Å². The van der Waals surface area contributed by atoms with Crippen LogP contribution < -0.4 is 5.73 Å². The van der Waals surface area contributed by atoms with Crippen LogP contribution in [-0.4, -0.2) is 10.8 Å². The quantitative estimate of drug-likeness (QED) is 0.0799. The van der Waals surface area contributed by atoms with Crippen molar-refractivity contribution in [2.45, 2.75) is 154 Å². The number of unbranched alkanes of at least 4 members (excludes halogenated alkanes) is 3. The Morgan fingerprint density at radius 1 is 0.913 bits per heavy atom. The Kier molecular flexibility index (Phi) is 29.1. The minimum absolute atomic E-state index is 0.611. The average Bonchev–Trinajstić information content (AvgIpc) is 3.00. The summed E-state index contributed by atoms with van der Waals surface area (Å²) in [6, 6.07) is 10.2. The van der Waals surface area contributed by atoms with Crippen LogP contribution in [0.2, 0.25) is 0 Å². The van der Waals surface area contributed by atoms with Crippen molar-refractivity contribution < 1.29 is 9.50 Å². The molecule has 0 aromatic heterocycles. The smallest absolute Gasteiger partial charge is 0.182 e. The van der Waals surface area contributed by atoms with Gasteiger partial charge in [0.1, 0.15) is 0 Å². The Hall–Kier alpha value is -2.98. The molecule has 262 valence electrons. The molecule has 0 saturated carbocycles. The van der Waals surface area contributed by atoms with Crippen LogP contribution in [0.1, 0.15) is 153 Å². The second-order valence-electron chi connectivity index (χ2n) is 12.0. The molecule has 0 aliphatic heterocycles. The molecule has 0 spiro atoms. The van der Waals surface area contributed by atoms with Gasteiger partial charge in [-0.3, -0.25) is 10.7 Å². The van der Waals surface area contributed by atoms with Gasteiger partial charge in [0.25, 0.3) is 0 Å². The number of hydrogen-bond acceptors (Lipinski definition) is 3. The van der Waals surface area contributed by atoms with Gasteiger partial charge in [-0.1, -0.05) is 103 Å². The summed E-state index contributed by atoms with van der Waals surface area (Å²) < 4.78 is 14.5. The highest BCUT2D eigenvalue weighted by Crippen LogP contribution is 2.28. The molecule has 2 aromatic carbocycles. The predicted octanol–water partition coefficient (Wildman–Crippen LogP) is 13.3. The maximum Gasteiger partial charge on any atom is 0.182 e. The van der Waals surface area contributed by atoms with Crippen LogP contribution in [0, 0.1) is 20.8 Å². The van der Waals surface area contributed by atoms with Gasteiger partial charge in [0.2, 0.25) is 0 Å². The second kappa shape index (κ2) is 28.3. The summed E-state index contributed by atoms with van der Waals surface area (Å²) >= 11 is 0. The number of nitrogens with two attached hydrogens (primary N) is 1. The minimum atomic E-state index is -1.81. The van der Waals surface area contributed by atoms with Crippen LogP contribution in [0.4, 0.5) is 4.39 Å². The number of allylic oxidation sites excluding steroid dienone is 3. The molecular weight excluding hydrogens is 567 g/mol. The molecule has 0 amide bonds. The fourth-order valence-corrected chi connectivity index (χ4v) is 4.29. The summed E-state index contributed by atoms with van der Waals surface area (Å²) in [6.07, 6.45) is 12.0. The summed E-state index contributed by atoms with van der Waals surface area (Å²) in [7, 11) is 0. The van der Waals surface area contributed by atoms with Crippen molar-refractivity contribution in [3.63, 3.8) is 0 Å². The van der Waals surface area contributed by atoms with E-state index in [9.17, 15) is 4.39 Å². The van der Waals surface area contributed by atoms with E-state index in [1.165, 1.54) is 53.2 Å². The van der Waals surface area contributed by atoms with Crippen LogP contribution >= 0.6 is 0 Å². The largest absolute Gasteiger partial charge is 0.516 e. The van der Waals surface area contributed by atoms with Crippen LogP contribution in [0.3, 0.4) is 0 Å². The summed E-state index contributed by atoms with van der Waals surface area (Å²) in [4.78, 5) is 4.76. The molecule has 0 fully saturated rings. The third kappa shape index (κ3) is 22.5. The first kappa shape index (κ1) is 47.4. The Labute approximate surface area is 285 Å². The molecule has 0 heterocycles. The third-order valence-electron chi connectivity index (χ3n) is 6.94. The van der Waals surface area contributed by atoms with Crippen LogP contribution in [0.15, 0.2) is 72.1 Å². The van der Waals surface area contributed by atoms with Crippen molar-refractivity contribution in [2.75, 3.05) is 0 Å². The SMILES string of the molecule is C=C(C)C.C=C(CCCCc1c(CC)cccc1C(C)(N)F)N=C(C)c1cc(C)c(C)cc1C.CC.CCC/C=C\O.CCCC. The number of benzene rings is 2. The van der Waals surface area contributed by atoms with Crippen LogP contribution in [0.25, 0.3) is 0 Å². The first-order chi connectivity index (χ1) is 21.6. The van der Waals surface area contributed by atoms with E-state index in [0.717, 1.165) is 68.2 Å². The number of hydrogen-bond donors (Lipinski definition) is 2. The molecule has 3 nitrogen and oxygen atoms in total. The Bertz CT molecular complexity index is 1160. The molecular formula is C42H71FN2O. The van der Waals surface area contributed by atoms with E-state index in [1.807, 2.05) is 39.8 Å². The number of nitrogens with zero attached hydrogens (tertiary/aromatic N) is 1. The number of aliphatic imine (C=N–C) groups is 1. The molecule has 0 aliphatic carbocycles. The molecule has 2 rings (SSSR count). The summed E-state index contributed by atoms with van der Waals surface area (Å²) in [5, 5.41) is 8.02. The highest BCUT2D eigenvalue weighted by molar-refractivity contribution is 6.00. The van der Waals surface area contributed by atoms with Crippen molar-refractivity contribution in [1.29, 1.82) is 0 Å². The van der Waals surface area contributed by atoms with E-state index in [0.29, 0.717) is 5.56 Å². The van der Waals surface area contributed by atoms with Crippen molar-refractivity contribution in [1.82, 2.24) is 0 Å². The van der Waals surface area contributed by atoms with Crippen LogP contribution in [-0.2, 0) is 18.6 Å². The summed E-state index contributed by atoms with van der Waals surface area (Å²) in [6.45, 7) is 34.1. The van der Waals surface area contributed by atoms with E-state index in [2.05, 4.69) is 86.7 Å². The third-order valence-corrected chi connectivity index (χ3v) is 6.94. The van der Waals surface area contributed by atoms with Crippen molar-refractivity contribution >= 4 is 5.71 Å². The molecule has 0 aliphatic rings. The molecule has 3 N–H and O–H groups in total. The minimum Gasteiger partial charge on any atom is -0.516 e. The molecule has 4 heteroatoms. The lowest BCUT2D eigenvalue weighted by atomic mass is 9.90. The lowest BCUT2D eigenvalue weighted by molar-refractivity contribution is 0.201. The maximum absolute atomic E-state index is 14.5. The van der Waals surface area contributed by atoms with Gasteiger partial charge >= 0.3 is 0 Å². The number of aliphatic hydroxyl groups is 1. The van der Waals surface area contributed by atoms with E-state index in [1.54, 1.807) is 6.08 Å². The monoisotopic (exact) mass is 639 g/mol. The fourth-order valence-electron chi connectivity index (χ4n) is 4.29.